The first-order valence-electron chi connectivity index (χ1n) is 6.62. The lowest BCUT2D eigenvalue weighted by atomic mass is 10.2. The maximum absolute atomic E-state index is 13.4. The van der Waals surface area contributed by atoms with Crippen LogP contribution in [0.4, 0.5) is 10.1 Å². The number of benzene rings is 2. The molecular weight excluding hydrogens is 337 g/mol. The Bertz CT molecular complexity index is 798. The van der Waals surface area contributed by atoms with Crippen molar-refractivity contribution < 1.29 is 19.2 Å². The molecule has 0 unspecified atom stereocenters. The number of carbonyl (C=O) groups is 1. The normalized spacial score (nSPS) is 10.7. The summed E-state index contributed by atoms with van der Waals surface area (Å²) in [5.74, 6) is -1.46. The predicted octanol–water partition coefficient (Wildman–Crippen LogP) is 2.05. The molecule has 0 aliphatic heterocycles. The maximum atomic E-state index is 13.4. The molecule has 0 bridgehead atoms. The van der Waals surface area contributed by atoms with Gasteiger partial charge in [-0.1, -0.05) is 23.9 Å². The molecule has 1 N–H and O–H groups in total. The van der Waals surface area contributed by atoms with Gasteiger partial charge in [0.2, 0.25) is 5.91 Å². The average molecular weight is 348 g/mol. The van der Waals surface area contributed by atoms with Crippen molar-refractivity contribution in [1.82, 2.24) is 5.43 Å². The zero-order valence-corrected chi connectivity index (χ0v) is 13.0. The number of hydrogen-bond donors (Lipinski definition) is 1. The number of nitrogens with zero attached hydrogens (tertiary/aromatic N) is 2. The van der Waals surface area contributed by atoms with E-state index in [2.05, 4.69) is 10.5 Å². The fraction of sp³-hybridized carbons (Fsp3) is 0.0667. The average Bonchev–Trinajstić information content (AvgIpc) is 2.55. The monoisotopic (exact) mass is 348 g/mol. The third-order valence-electron chi connectivity index (χ3n) is 2.79. The number of halogens is 1. The summed E-state index contributed by atoms with van der Waals surface area (Å²) in [7, 11) is 0. The number of non-ortho nitro benzene ring substituents is 1. The van der Waals surface area contributed by atoms with Crippen LogP contribution in [0, 0.1) is 15.9 Å². The summed E-state index contributed by atoms with van der Waals surface area (Å²) in [5, 5.41) is 25.8. The summed E-state index contributed by atoms with van der Waals surface area (Å²) in [5.41, 5.74) is 1.90. The second-order valence-electron chi connectivity index (χ2n) is 4.49. The van der Waals surface area contributed by atoms with Crippen LogP contribution < -0.4 is 10.5 Å². The summed E-state index contributed by atoms with van der Waals surface area (Å²) in [6.07, 6.45) is 1.03. The van der Waals surface area contributed by atoms with E-state index in [-0.39, 0.29) is 17.0 Å². The largest absolute Gasteiger partial charge is 0.872 e. The van der Waals surface area contributed by atoms with Gasteiger partial charge in [-0.15, -0.1) is 11.8 Å². The van der Waals surface area contributed by atoms with Gasteiger partial charge in [0, 0.05) is 17.0 Å². The van der Waals surface area contributed by atoms with Crippen molar-refractivity contribution in [2.24, 2.45) is 5.10 Å². The molecule has 0 atom stereocenters. The highest BCUT2D eigenvalue weighted by molar-refractivity contribution is 8.00. The van der Waals surface area contributed by atoms with Crippen LogP contribution in [-0.4, -0.2) is 22.8 Å². The first-order valence-corrected chi connectivity index (χ1v) is 7.60. The van der Waals surface area contributed by atoms with Gasteiger partial charge in [-0.3, -0.25) is 14.9 Å². The van der Waals surface area contributed by atoms with E-state index in [1.807, 2.05) is 0 Å². The fourth-order valence-electron chi connectivity index (χ4n) is 1.66. The molecule has 24 heavy (non-hydrogen) atoms. The number of hydrazone groups is 1. The molecule has 9 heteroatoms. The van der Waals surface area contributed by atoms with Gasteiger partial charge in [0.25, 0.3) is 5.69 Å². The summed E-state index contributed by atoms with van der Waals surface area (Å²) in [4.78, 5) is 22.0. The fourth-order valence-corrected chi connectivity index (χ4v) is 2.39. The van der Waals surface area contributed by atoms with Crippen molar-refractivity contribution >= 4 is 29.6 Å². The number of rotatable bonds is 6. The Hall–Kier alpha value is -2.94. The third kappa shape index (κ3) is 4.78. The Labute approximate surface area is 140 Å². The van der Waals surface area contributed by atoms with Gasteiger partial charge in [0.15, 0.2) is 0 Å². The number of nitro groups is 1. The van der Waals surface area contributed by atoms with Crippen LogP contribution in [0.2, 0.25) is 0 Å². The van der Waals surface area contributed by atoms with Crippen LogP contribution in [-0.2, 0) is 4.79 Å². The zero-order chi connectivity index (χ0) is 17.5. The highest BCUT2D eigenvalue weighted by Gasteiger charge is 2.07. The smallest absolute Gasteiger partial charge is 0.270 e. The lowest BCUT2D eigenvalue weighted by Gasteiger charge is -2.08. The van der Waals surface area contributed by atoms with Crippen LogP contribution in [0.25, 0.3) is 0 Å². The molecule has 2 aromatic rings. The van der Waals surface area contributed by atoms with E-state index in [0.717, 1.165) is 36.2 Å². The molecular formula is C15H11FN3O4S-. The topological polar surface area (TPSA) is 108 Å². The second-order valence-corrected chi connectivity index (χ2v) is 5.51. The van der Waals surface area contributed by atoms with E-state index in [1.165, 1.54) is 6.07 Å². The molecule has 1 amide bonds. The number of carbonyl (C=O) groups excluding carboxylic acids is 1. The first kappa shape index (κ1) is 17.4. The maximum Gasteiger partial charge on any atom is 0.270 e. The molecule has 124 valence electrons. The highest BCUT2D eigenvalue weighted by atomic mass is 32.2. The molecule has 0 radical (unpaired) electrons. The molecule has 0 saturated carbocycles. The minimum absolute atomic E-state index is 0.0220. The van der Waals surface area contributed by atoms with Crippen molar-refractivity contribution in [1.29, 1.82) is 0 Å². The zero-order valence-electron chi connectivity index (χ0n) is 12.1. The van der Waals surface area contributed by atoms with E-state index in [9.17, 15) is 24.4 Å². The molecule has 7 nitrogen and oxygen atoms in total. The number of nitrogens with one attached hydrogen (secondary N) is 1. The van der Waals surface area contributed by atoms with Crippen LogP contribution in [0.3, 0.4) is 0 Å². The van der Waals surface area contributed by atoms with E-state index in [1.54, 1.807) is 18.2 Å². The molecule has 0 aliphatic rings. The quantitative estimate of drug-likeness (QED) is 0.372. The summed E-state index contributed by atoms with van der Waals surface area (Å²) < 4.78 is 13.4. The Kier molecular flexibility index (Phi) is 5.85. The molecule has 0 fully saturated rings. The summed E-state index contributed by atoms with van der Waals surface area (Å²) in [6, 6.07) is 9.23. The number of thioether (sulfide) groups is 1. The van der Waals surface area contributed by atoms with Crippen molar-refractivity contribution in [3.05, 3.63) is 64.0 Å². The van der Waals surface area contributed by atoms with Gasteiger partial charge < -0.3 is 5.11 Å². The van der Waals surface area contributed by atoms with Crippen molar-refractivity contribution in [3.8, 4) is 5.75 Å². The molecule has 2 aromatic carbocycles. The minimum Gasteiger partial charge on any atom is -0.872 e. The van der Waals surface area contributed by atoms with Crippen LogP contribution in [0.5, 0.6) is 5.75 Å². The van der Waals surface area contributed by atoms with Crippen molar-refractivity contribution in [3.63, 3.8) is 0 Å². The number of nitro benzene ring substituents is 1. The lowest BCUT2D eigenvalue weighted by molar-refractivity contribution is -0.385. The molecule has 0 spiro atoms. The standard InChI is InChI=1S/C15H12FN3O4S/c16-12-3-1-2-4-14(12)24-9-15(21)18-17-8-10-7-11(19(22)23)5-6-13(10)20/h1-8,20H,9H2,(H,18,21)/p-1/b17-8-. The highest BCUT2D eigenvalue weighted by Crippen LogP contribution is 2.21. The third-order valence-corrected chi connectivity index (χ3v) is 3.84. The van der Waals surface area contributed by atoms with Gasteiger partial charge in [0.05, 0.1) is 16.9 Å². The summed E-state index contributed by atoms with van der Waals surface area (Å²) in [6.45, 7) is 0. The molecule has 0 aliphatic carbocycles. The van der Waals surface area contributed by atoms with Gasteiger partial charge in [0.1, 0.15) is 5.82 Å². The lowest BCUT2D eigenvalue weighted by Crippen LogP contribution is -2.19. The van der Waals surface area contributed by atoms with Gasteiger partial charge in [-0.25, -0.2) is 9.82 Å². The van der Waals surface area contributed by atoms with Gasteiger partial charge >= 0.3 is 0 Å². The predicted molar refractivity (Wildman–Crippen MR) is 85.4 cm³/mol. The molecule has 0 aromatic heterocycles. The Morgan fingerprint density at radius 3 is 2.79 bits per heavy atom. The Balaban J connectivity index is 1.92. The van der Waals surface area contributed by atoms with E-state index < -0.39 is 22.4 Å². The molecule has 2 rings (SSSR count). The Morgan fingerprint density at radius 1 is 1.33 bits per heavy atom. The number of hydrogen-bond acceptors (Lipinski definition) is 6. The minimum atomic E-state index is -0.638. The van der Waals surface area contributed by atoms with E-state index in [4.69, 9.17) is 0 Å². The van der Waals surface area contributed by atoms with Crippen LogP contribution in [0.1, 0.15) is 5.56 Å². The molecule has 0 heterocycles. The second kappa shape index (κ2) is 8.06. The van der Waals surface area contributed by atoms with E-state index >= 15 is 0 Å². The SMILES string of the molecule is O=C(CSc1ccccc1F)N/N=C\c1cc([N+](=O)[O-])ccc1[O-]. The Morgan fingerprint density at radius 2 is 2.08 bits per heavy atom. The number of amides is 1. The molecule has 0 saturated heterocycles. The first-order chi connectivity index (χ1) is 11.5. The van der Waals surface area contributed by atoms with Gasteiger partial charge in [-0.2, -0.15) is 5.10 Å². The van der Waals surface area contributed by atoms with Crippen molar-refractivity contribution in [2.75, 3.05) is 5.75 Å². The van der Waals surface area contributed by atoms with Crippen LogP contribution >= 0.6 is 11.8 Å². The van der Waals surface area contributed by atoms with Crippen LogP contribution in [0.15, 0.2) is 52.5 Å². The van der Waals surface area contributed by atoms with Crippen molar-refractivity contribution in [2.45, 2.75) is 4.90 Å². The van der Waals surface area contributed by atoms with Gasteiger partial charge in [-0.05, 0) is 17.7 Å². The summed E-state index contributed by atoms with van der Waals surface area (Å²) >= 11 is 0.999. The van der Waals surface area contributed by atoms with E-state index in [0.29, 0.717) is 4.90 Å².